The Morgan fingerprint density at radius 2 is 2.20 bits per heavy atom. The number of likely N-dealkylation sites (tertiary alicyclic amines) is 1. The predicted octanol–water partition coefficient (Wildman–Crippen LogP) is 3.79. The summed E-state index contributed by atoms with van der Waals surface area (Å²) in [7, 11) is 0. The Bertz CT molecular complexity index is 619. The number of benzene rings is 1. The minimum absolute atomic E-state index is 0.0263. The number of rotatable bonds is 5. The monoisotopic (exact) mass is 345 g/mol. The van der Waals surface area contributed by atoms with E-state index < -0.39 is 5.60 Å². The number of hydrogen-bond donors (Lipinski definition) is 1. The first-order valence-corrected chi connectivity index (χ1v) is 8.72. The summed E-state index contributed by atoms with van der Waals surface area (Å²) < 4.78 is 10.8. The maximum absolute atomic E-state index is 12.4. The number of carbonyl (C=O) groups is 1. The molecule has 1 aliphatic heterocycles. The smallest absolute Gasteiger partial charge is 0.410 e. The van der Waals surface area contributed by atoms with Crippen molar-refractivity contribution in [1.82, 2.24) is 4.90 Å². The molecular formula is C19H27N3O3. The Morgan fingerprint density at radius 1 is 1.40 bits per heavy atom. The number of hydrogen-bond acceptors (Lipinski definition) is 5. The van der Waals surface area contributed by atoms with Gasteiger partial charge in [-0.25, -0.2) is 4.79 Å². The van der Waals surface area contributed by atoms with Gasteiger partial charge in [0.15, 0.2) is 6.61 Å². The summed E-state index contributed by atoms with van der Waals surface area (Å²) in [5.74, 6) is 0.652. The summed E-state index contributed by atoms with van der Waals surface area (Å²) in [4.78, 5) is 14.3. The molecule has 2 rings (SSSR count). The molecule has 1 saturated heterocycles. The summed E-state index contributed by atoms with van der Waals surface area (Å²) in [6.45, 7) is 7.06. The highest BCUT2D eigenvalue weighted by Gasteiger charge is 2.30. The molecule has 1 atom stereocenters. The highest BCUT2D eigenvalue weighted by atomic mass is 16.6. The van der Waals surface area contributed by atoms with Crippen molar-refractivity contribution in [3.8, 4) is 11.8 Å². The van der Waals surface area contributed by atoms with Crippen molar-refractivity contribution < 1.29 is 14.3 Å². The van der Waals surface area contributed by atoms with E-state index in [1.54, 1.807) is 0 Å². The zero-order chi connectivity index (χ0) is 18.3. The lowest BCUT2D eigenvalue weighted by molar-refractivity contribution is 0.0114. The van der Waals surface area contributed by atoms with Crippen LogP contribution in [0.1, 0.15) is 40.0 Å². The molecule has 6 nitrogen and oxygen atoms in total. The Labute approximate surface area is 149 Å². The molecule has 1 aromatic carbocycles. The van der Waals surface area contributed by atoms with Gasteiger partial charge in [-0.1, -0.05) is 6.07 Å². The lowest BCUT2D eigenvalue weighted by Crippen LogP contribution is -2.48. The van der Waals surface area contributed by atoms with Crippen molar-refractivity contribution in [2.75, 3.05) is 25.0 Å². The van der Waals surface area contributed by atoms with E-state index in [0.717, 1.165) is 31.5 Å². The minimum atomic E-state index is -0.487. The molecule has 136 valence electrons. The van der Waals surface area contributed by atoms with E-state index in [9.17, 15) is 4.79 Å². The molecule has 6 heteroatoms. The molecule has 1 aromatic rings. The Morgan fingerprint density at radius 3 is 2.92 bits per heavy atom. The van der Waals surface area contributed by atoms with Crippen LogP contribution in [-0.4, -0.2) is 42.3 Å². The highest BCUT2D eigenvalue weighted by molar-refractivity contribution is 5.68. The Hall–Kier alpha value is -2.42. The molecule has 1 aliphatic rings. The van der Waals surface area contributed by atoms with Crippen LogP contribution in [0.15, 0.2) is 24.3 Å². The first-order chi connectivity index (χ1) is 11.9. The van der Waals surface area contributed by atoms with Gasteiger partial charge in [-0.05, 0) is 52.2 Å². The van der Waals surface area contributed by atoms with E-state index in [4.69, 9.17) is 14.7 Å². The zero-order valence-corrected chi connectivity index (χ0v) is 15.2. The third kappa shape index (κ3) is 6.18. The van der Waals surface area contributed by atoms with Crippen molar-refractivity contribution in [1.29, 1.82) is 5.26 Å². The molecule has 1 unspecified atom stereocenters. The molecule has 1 heterocycles. The first-order valence-electron chi connectivity index (χ1n) is 8.72. The highest BCUT2D eigenvalue weighted by Crippen LogP contribution is 2.22. The van der Waals surface area contributed by atoms with Gasteiger partial charge in [0.1, 0.15) is 17.4 Å². The molecule has 1 N–H and O–H groups in total. The van der Waals surface area contributed by atoms with Gasteiger partial charge in [-0.3, -0.25) is 0 Å². The second-order valence-corrected chi connectivity index (χ2v) is 7.18. The second-order valence-electron chi connectivity index (χ2n) is 7.18. The SMILES string of the molecule is CC(C)(C)OC(=O)N1CCCCC1CNc1cccc(OCC#N)c1. The average Bonchev–Trinajstić information content (AvgIpc) is 2.57. The largest absolute Gasteiger partial charge is 0.479 e. The first kappa shape index (κ1) is 18.9. The number of piperidine rings is 1. The third-order valence-corrected chi connectivity index (χ3v) is 3.93. The maximum atomic E-state index is 12.4. The zero-order valence-electron chi connectivity index (χ0n) is 15.2. The molecular weight excluding hydrogens is 318 g/mol. The second kappa shape index (κ2) is 8.61. The van der Waals surface area contributed by atoms with E-state index in [1.807, 2.05) is 56.0 Å². The number of amides is 1. The minimum Gasteiger partial charge on any atom is -0.479 e. The summed E-state index contributed by atoms with van der Waals surface area (Å²) in [5, 5.41) is 12.0. The number of nitrogens with one attached hydrogen (secondary N) is 1. The number of nitrogens with zero attached hydrogens (tertiary/aromatic N) is 2. The van der Waals surface area contributed by atoms with Crippen LogP contribution in [-0.2, 0) is 4.74 Å². The number of ether oxygens (including phenoxy) is 2. The molecule has 0 bridgehead atoms. The topological polar surface area (TPSA) is 74.6 Å². The Balaban J connectivity index is 1.95. The van der Waals surface area contributed by atoms with Crippen molar-refractivity contribution >= 4 is 11.8 Å². The summed E-state index contributed by atoms with van der Waals surface area (Å²) in [6, 6.07) is 9.55. The van der Waals surface area contributed by atoms with Gasteiger partial charge in [0, 0.05) is 24.8 Å². The summed E-state index contributed by atoms with van der Waals surface area (Å²) in [6.07, 6.45) is 2.83. The van der Waals surface area contributed by atoms with Gasteiger partial charge in [-0.2, -0.15) is 5.26 Å². The van der Waals surface area contributed by atoms with Crippen LogP contribution in [0.5, 0.6) is 5.75 Å². The van der Waals surface area contributed by atoms with Gasteiger partial charge in [0.2, 0.25) is 0 Å². The van der Waals surface area contributed by atoms with Crippen LogP contribution in [0.25, 0.3) is 0 Å². The molecule has 0 spiro atoms. The van der Waals surface area contributed by atoms with Crippen LogP contribution in [0.2, 0.25) is 0 Å². The molecule has 0 saturated carbocycles. The van der Waals surface area contributed by atoms with E-state index in [2.05, 4.69) is 5.32 Å². The van der Waals surface area contributed by atoms with Crippen LogP contribution < -0.4 is 10.1 Å². The van der Waals surface area contributed by atoms with Gasteiger partial charge >= 0.3 is 6.09 Å². The van der Waals surface area contributed by atoms with E-state index in [-0.39, 0.29) is 18.7 Å². The molecule has 1 amide bonds. The standard InChI is InChI=1S/C19H27N3O3/c1-19(2,3)25-18(23)22-11-5-4-8-16(22)14-21-15-7-6-9-17(13-15)24-12-10-20/h6-7,9,13,16,21H,4-5,8,11-12,14H2,1-3H3. The van der Waals surface area contributed by atoms with Gasteiger partial charge in [0.25, 0.3) is 0 Å². The van der Waals surface area contributed by atoms with Crippen LogP contribution >= 0.6 is 0 Å². The molecule has 0 aromatic heterocycles. The lowest BCUT2D eigenvalue weighted by atomic mass is 10.0. The maximum Gasteiger partial charge on any atom is 0.410 e. The summed E-state index contributed by atoms with van der Waals surface area (Å²) in [5.41, 5.74) is 0.420. The fourth-order valence-corrected chi connectivity index (χ4v) is 2.82. The number of anilines is 1. The quantitative estimate of drug-likeness (QED) is 0.879. The van der Waals surface area contributed by atoms with Crippen molar-refractivity contribution in [3.05, 3.63) is 24.3 Å². The van der Waals surface area contributed by atoms with Crippen molar-refractivity contribution in [2.45, 2.75) is 51.7 Å². The molecule has 1 fully saturated rings. The third-order valence-electron chi connectivity index (χ3n) is 3.93. The molecule has 0 radical (unpaired) electrons. The summed E-state index contributed by atoms with van der Waals surface area (Å²) >= 11 is 0. The number of carbonyl (C=O) groups excluding carboxylic acids is 1. The Kier molecular flexibility index (Phi) is 6.51. The van der Waals surface area contributed by atoms with Crippen molar-refractivity contribution in [3.63, 3.8) is 0 Å². The van der Waals surface area contributed by atoms with Crippen LogP contribution in [0.4, 0.5) is 10.5 Å². The van der Waals surface area contributed by atoms with Crippen LogP contribution in [0, 0.1) is 11.3 Å². The van der Waals surface area contributed by atoms with Gasteiger partial charge < -0.3 is 19.7 Å². The fraction of sp³-hybridized carbons (Fsp3) is 0.579. The van der Waals surface area contributed by atoms with E-state index >= 15 is 0 Å². The lowest BCUT2D eigenvalue weighted by Gasteiger charge is -2.37. The average molecular weight is 345 g/mol. The fourth-order valence-electron chi connectivity index (χ4n) is 2.82. The van der Waals surface area contributed by atoms with E-state index in [1.165, 1.54) is 0 Å². The van der Waals surface area contributed by atoms with Gasteiger partial charge in [-0.15, -0.1) is 0 Å². The molecule has 0 aliphatic carbocycles. The normalized spacial score (nSPS) is 17.5. The van der Waals surface area contributed by atoms with Gasteiger partial charge in [0.05, 0.1) is 6.04 Å². The van der Waals surface area contributed by atoms with E-state index in [0.29, 0.717) is 12.3 Å². The van der Waals surface area contributed by atoms with Crippen molar-refractivity contribution in [2.24, 2.45) is 0 Å². The predicted molar refractivity (Wildman–Crippen MR) is 96.6 cm³/mol. The molecule has 25 heavy (non-hydrogen) atoms. The van der Waals surface area contributed by atoms with Crippen LogP contribution in [0.3, 0.4) is 0 Å². The number of nitriles is 1.